The Kier molecular flexibility index (Phi) is 3.93. The second-order valence-corrected chi connectivity index (χ2v) is 4.87. The Morgan fingerprint density at radius 3 is 2.75 bits per heavy atom. The third kappa shape index (κ3) is 2.82. The minimum absolute atomic E-state index is 0.759. The minimum Gasteiger partial charge on any atom is -0.319 e. The SMILES string of the molecule is CNCCc1nc(-c2ccc(Cl)cc2)cs1. The van der Waals surface area contributed by atoms with Gasteiger partial charge in [0, 0.05) is 28.9 Å². The van der Waals surface area contributed by atoms with Gasteiger partial charge in [0.05, 0.1) is 10.7 Å². The second-order valence-electron chi connectivity index (χ2n) is 3.49. The van der Waals surface area contributed by atoms with E-state index in [0.717, 1.165) is 29.2 Å². The number of likely N-dealkylation sites (N-methyl/N-ethyl adjacent to an activating group) is 1. The fourth-order valence-electron chi connectivity index (χ4n) is 1.41. The van der Waals surface area contributed by atoms with Crippen molar-refractivity contribution in [3.63, 3.8) is 0 Å². The van der Waals surface area contributed by atoms with Crippen LogP contribution in [0.15, 0.2) is 29.6 Å². The van der Waals surface area contributed by atoms with Crippen LogP contribution >= 0.6 is 22.9 Å². The Morgan fingerprint density at radius 1 is 1.31 bits per heavy atom. The Hall–Kier alpha value is -0.900. The number of hydrogen-bond donors (Lipinski definition) is 1. The maximum atomic E-state index is 5.85. The average molecular weight is 253 g/mol. The Morgan fingerprint density at radius 2 is 2.06 bits per heavy atom. The zero-order valence-electron chi connectivity index (χ0n) is 9.03. The average Bonchev–Trinajstić information content (AvgIpc) is 2.76. The summed E-state index contributed by atoms with van der Waals surface area (Å²) in [5.74, 6) is 0. The fourth-order valence-corrected chi connectivity index (χ4v) is 2.34. The molecule has 0 saturated heterocycles. The van der Waals surface area contributed by atoms with Crippen LogP contribution < -0.4 is 5.32 Å². The third-order valence-corrected chi connectivity index (χ3v) is 3.44. The summed E-state index contributed by atoms with van der Waals surface area (Å²) in [6.45, 7) is 0.966. The molecule has 16 heavy (non-hydrogen) atoms. The number of aromatic nitrogens is 1. The van der Waals surface area contributed by atoms with E-state index in [1.807, 2.05) is 31.3 Å². The zero-order chi connectivity index (χ0) is 11.4. The Balaban J connectivity index is 2.15. The van der Waals surface area contributed by atoms with Gasteiger partial charge in [-0.3, -0.25) is 0 Å². The quantitative estimate of drug-likeness (QED) is 0.904. The Bertz CT molecular complexity index is 450. The lowest BCUT2D eigenvalue weighted by molar-refractivity contribution is 0.788. The molecule has 0 saturated carbocycles. The van der Waals surface area contributed by atoms with Crippen LogP contribution in [0.3, 0.4) is 0 Å². The number of benzene rings is 1. The topological polar surface area (TPSA) is 24.9 Å². The summed E-state index contributed by atoms with van der Waals surface area (Å²) < 4.78 is 0. The number of hydrogen-bond acceptors (Lipinski definition) is 3. The number of thiazole rings is 1. The van der Waals surface area contributed by atoms with Gasteiger partial charge in [-0.25, -0.2) is 4.98 Å². The smallest absolute Gasteiger partial charge is 0.0945 e. The molecule has 0 bridgehead atoms. The lowest BCUT2D eigenvalue weighted by atomic mass is 10.2. The molecule has 1 aromatic carbocycles. The van der Waals surface area contributed by atoms with Gasteiger partial charge in [-0.2, -0.15) is 0 Å². The monoisotopic (exact) mass is 252 g/mol. The van der Waals surface area contributed by atoms with Crippen molar-refractivity contribution in [3.05, 3.63) is 39.7 Å². The molecule has 0 aliphatic rings. The van der Waals surface area contributed by atoms with Gasteiger partial charge < -0.3 is 5.32 Å². The first kappa shape index (κ1) is 11.6. The highest BCUT2D eigenvalue weighted by Crippen LogP contribution is 2.23. The van der Waals surface area contributed by atoms with Gasteiger partial charge in [0.2, 0.25) is 0 Å². The summed E-state index contributed by atoms with van der Waals surface area (Å²) in [5, 5.41) is 7.14. The largest absolute Gasteiger partial charge is 0.319 e. The molecular weight excluding hydrogens is 240 g/mol. The maximum Gasteiger partial charge on any atom is 0.0945 e. The molecule has 2 rings (SSSR count). The molecule has 1 heterocycles. The van der Waals surface area contributed by atoms with Gasteiger partial charge >= 0.3 is 0 Å². The normalized spacial score (nSPS) is 10.6. The number of nitrogens with zero attached hydrogens (tertiary/aromatic N) is 1. The van der Waals surface area contributed by atoms with Gasteiger partial charge in [-0.15, -0.1) is 11.3 Å². The molecule has 0 aliphatic carbocycles. The summed E-state index contributed by atoms with van der Waals surface area (Å²) in [4.78, 5) is 4.58. The molecule has 0 aliphatic heterocycles. The van der Waals surface area contributed by atoms with Crippen molar-refractivity contribution in [1.29, 1.82) is 0 Å². The predicted octanol–water partition coefficient (Wildman–Crippen LogP) is 3.23. The fraction of sp³-hybridized carbons (Fsp3) is 0.250. The van der Waals surface area contributed by atoms with E-state index in [1.165, 1.54) is 5.01 Å². The second kappa shape index (κ2) is 5.43. The van der Waals surface area contributed by atoms with Crippen molar-refractivity contribution in [3.8, 4) is 11.3 Å². The highest BCUT2D eigenvalue weighted by Gasteiger charge is 2.03. The van der Waals surface area contributed by atoms with Crippen LogP contribution in [0.5, 0.6) is 0 Å². The third-order valence-electron chi connectivity index (χ3n) is 2.28. The van der Waals surface area contributed by atoms with Crippen LogP contribution in [-0.2, 0) is 6.42 Å². The van der Waals surface area contributed by atoms with E-state index in [1.54, 1.807) is 11.3 Å². The van der Waals surface area contributed by atoms with E-state index in [4.69, 9.17) is 11.6 Å². The number of rotatable bonds is 4. The van der Waals surface area contributed by atoms with Gasteiger partial charge in [0.1, 0.15) is 0 Å². The molecule has 0 fully saturated rings. The zero-order valence-corrected chi connectivity index (χ0v) is 10.6. The van der Waals surface area contributed by atoms with E-state index in [0.29, 0.717) is 0 Å². The van der Waals surface area contributed by atoms with Gasteiger partial charge in [0.25, 0.3) is 0 Å². The van der Waals surface area contributed by atoms with Gasteiger partial charge in [-0.05, 0) is 19.2 Å². The van der Waals surface area contributed by atoms with Crippen LogP contribution in [-0.4, -0.2) is 18.6 Å². The number of nitrogens with one attached hydrogen (secondary N) is 1. The molecule has 0 radical (unpaired) electrons. The molecule has 0 atom stereocenters. The molecule has 84 valence electrons. The van der Waals surface area contributed by atoms with Crippen LogP contribution in [0.25, 0.3) is 11.3 Å². The van der Waals surface area contributed by atoms with Crippen molar-refractivity contribution < 1.29 is 0 Å². The van der Waals surface area contributed by atoms with Crippen LogP contribution in [0.2, 0.25) is 5.02 Å². The van der Waals surface area contributed by atoms with Crippen molar-refractivity contribution in [2.75, 3.05) is 13.6 Å². The molecule has 0 amide bonds. The molecule has 2 aromatic rings. The molecule has 2 nitrogen and oxygen atoms in total. The minimum atomic E-state index is 0.759. The summed E-state index contributed by atoms with van der Waals surface area (Å²) in [6.07, 6.45) is 0.981. The van der Waals surface area contributed by atoms with E-state index in [2.05, 4.69) is 15.7 Å². The molecule has 0 unspecified atom stereocenters. The lowest BCUT2D eigenvalue weighted by Crippen LogP contribution is -2.09. The van der Waals surface area contributed by atoms with E-state index in [9.17, 15) is 0 Å². The first-order chi connectivity index (χ1) is 7.79. The molecule has 0 spiro atoms. The molecule has 4 heteroatoms. The van der Waals surface area contributed by atoms with Crippen LogP contribution in [0.4, 0.5) is 0 Å². The highest BCUT2D eigenvalue weighted by atomic mass is 35.5. The molecular formula is C12H13ClN2S. The van der Waals surface area contributed by atoms with Crippen molar-refractivity contribution in [2.45, 2.75) is 6.42 Å². The molecule has 1 aromatic heterocycles. The molecule has 1 N–H and O–H groups in total. The van der Waals surface area contributed by atoms with Crippen LogP contribution in [0.1, 0.15) is 5.01 Å². The lowest BCUT2D eigenvalue weighted by Gasteiger charge is -1.96. The summed E-state index contributed by atoms with van der Waals surface area (Å²) in [5.41, 5.74) is 2.16. The predicted molar refractivity (Wildman–Crippen MR) is 70.2 cm³/mol. The first-order valence-corrected chi connectivity index (χ1v) is 6.40. The van der Waals surface area contributed by atoms with E-state index >= 15 is 0 Å². The maximum absolute atomic E-state index is 5.85. The van der Waals surface area contributed by atoms with Gasteiger partial charge in [-0.1, -0.05) is 23.7 Å². The highest BCUT2D eigenvalue weighted by molar-refractivity contribution is 7.09. The summed E-state index contributed by atoms with van der Waals surface area (Å²) in [6, 6.07) is 7.78. The van der Waals surface area contributed by atoms with Crippen molar-refractivity contribution in [2.24, 2.45) is 0 Å². The van der Waals surface area contributed by atoms with E-state index in [-0.39, 0.29) is 0 Å². The van der Waals surface area contributed by atoms with Crippen LogP contribution in [0, 0.1) is 0 Å². The van der Waals surface area contributed by atoms with Gasteiger partial charge in [0.15, 0.2) is 0 Å². The van der Waals surface area contributed by atoms with Crippen molar-refractivity contribution >= 4 is 22.9 Å². The Labute approximate surface area is 104 Å². The van der Waals surface area contributed by atoms with E-state index < -0.39 is 0 Å². The number of halogens is 1. The van der Waals surface area contributed by atoms with Crippen molar-refractivity contribution in [1.82, 2.24) is 10.3 Å². The standard InChI is InChI=1S/C12H13ClN2S/c1-14-7-6-12-15-11(8-16-12)9-2-4-10(13)5-3-9/h2-5,8,14H,6-7H2,1H3. The summed E-state index contributed by atoms with van der Waals surface area (Å²) >= 11 is 7.55. The first-order valence-electron chi connectivity index (χ1n) is 5.14. The summed E-state index contributed by atoms with van der Waals surface area (Å²) in [7, 11) is 1.95.